The zero-order valence-electron chi connectivity index (χ0n) is 5.60. The van der Waals surface area contributed by atoms with E-state index in [0.717, 1.165) is 6.61 Å². The monoisotopic (exact) mass is 126 g/mol. The number of hydrogen-bond donors (Lipinski definition) is 0. The summed E-state index contributed by atoms with van der Waals surface area (Å²) in [6.07, 6.45) is 5.13. The topological polar surface area (TPSA) is 12.5 Å². The van der Waals surface area contributed by atoms with Gasteiger partial charge in [-0.1, -0.05) is 0 Å². The van der Waals surface area contributed by atoms with E-state index >= 15 is 0 Å². The van der Waals surface area contributed by atoms with E-state index in [-0.39, 0.29) is 0 Å². The summed E-state index contributed by atoms with van der Waals surface area (Å²) in [5, 5.41) is 0. The summed E-state index contributed by atoms with van der Waals surface area (Å²) in [4.78, 5) is 2.36. The maximum atomic E-state index is 5.26. The van der Waals surface area contributed by atoms with E-state index < -0.39 is 0 Å². The van der Waals surface area contributed by atoms with Crippen LogP contribution in [0.4, 0.5) is 0 Å². The van der Waals surface area contributed by atoms with Crippen molar-refractivity contribution >= 4 is 0 Å². The van der Waals surface area contributed by atoms with Crippen molar-refractivity contribution < 1.29 is 4.74 Å². The molecule has 2 aliphatic heterocycles. The average Bonchev–Trinajstić information content (AvgIpc) is 2.11. The third-order valence-electron chi connectivity index (χ3n) is 2.04. The van der Waals surface area contributed by atoms with Crippen molar-refractivity contribution in [3.8, 4) is 0 Å². The summed E-state index contributed by atoms with van der Waals surface area (Å²) < 4.78 is 5.26. The Bertz CT molecular complexity index is 95.1. The summed E-state index contributed by atoms with van der Waals surface area (Å²) in [5.41, 5.74) is 0. The fourth-order valence-corrected chi connectivity index (χ4v) is 1.41. The van der Waals surface area contributed by atoms with Crippen LogP contribution >= 0.6 is 0 Å². The Morgan fingerprint density at radius 3 is 2.33 bits per heavy atom. The zero-order valence-corrected chi connectivity index (χ0v) is 5.60. The molecule has 2 heterocycles. The van der Waals surface area contributed by atoms with E-state index in [9.17, 15) is 0 Å². The fraction of sp³-hybridized carbons (Fsp3) is 0.857. The minimum Gasteiger partial charge on any atom is -0.356 e. The molecule has 0 aliphatic carbocycles. The van der Waals surface area contributed by atoms with Crippen molar-refractivity contribution in [3.05, 3.63) is 6.23 Å². The molecule has 2 saturated heterocycles. The number of hydrogen-bond acceptors (Lipinski definition) is 2. The standard InChI is InChI=1S/C7H12NO/c1-2-5-8(4-1)7-3-6-9-7/h1-6H2. The first-order valence-corrected chi connectivity index (χ1v) is 3.70. The molecular weight excluding hydrogens is 114 g/mol. The summed E-state index contributed by atoms with van der Waals surface area (Å²) in [6, 6.07) is 0. The van der Waals surface area contributed by atoms with Crippen LogP contribution in [0.25, 0.3) is 0 Å². The Balaban J connectivity index is 1.82. The van der Waals surface area contributed by atoms with Crippen LogP contribution in [0.2, 0.25) is 0 Å². The first-order valence-electron chi connectivity index (χ1n) is 3.70. The summed E-state index contributed by atoms with van der Waals surface area (Å²) >= 11 is 0. The highest BCUT2D eigenvalue weighted by Gasteiger charge is 2.28. The quantitative estimate of drug-likeness (QED) is 0.519. The molecule has 0 amide bonds. The van der Waals surface area contributed by atoms with E-state index in [0.29, 0.717) is 0 Å². The highest BCUT2D eigenvalue weighted by Crippen LogP contribution is 2.27. The smallest absolute Gasteiger partial charge is 0.166 e. The van der Waals surface area contributed by atoms with Gasteiger partial charge in [-0.25, -0.2) is 0 Å². The molecule has 2 rings (SSSR count). The lowest BCUT2D eigenvalue weighted by atomic mass is 10.3. The minimum atomic E-state index is 0.950. The minimum absolute atomic E-state index is 0.950. The molecule has 2 nitrogen and oxygen atoms in total. The fourth-order valence-electron chi connectivity index (χ4n) is 1.41. The van der Waals surface area contributed by atoms with E-state index in [1.54, 1.807) is 0 Å². The molecule has 0 aromatic heterocycles. The second-order valence-electron chi connectivity index (χ2n) is 2.69. The molecule has 0 unspecified atom stereocenters. The lowest BCUT2D eigenvalue weighted by Gasteiger charge is -2.32. The third-order valence-corrected chi connectivity index (χ3v) is 2.04. The van der Waals surface area contributed by atoms with Gasteiger partial charge in [0.05, 0.1) is 6.61 Å². The molecule has 2 aliphatic rings. The van der Waals surface area contributed by atoms with Gasteiger partial charge in [-0.15, -0.1) is 0 Å². The molecule has 0 bridgehead atoms. The van der Waals surface area contributed by atoms with Crippen molar-refractivity contribution in [1.82, 2.24) is 4.90 Å². The molecule has 0 aromatic carbocycles. The molecule has 0 atom stereocenters. The van der Waals surface area contributed by atoms with Gasteiger partial charge in [-0.3, -0.25) is 4.90 Å². The molecule has 51 valence electrons. The van der Waals surface area contributed by atoms with Gasteiger partial charge >= 0.3 is 0 Å². The molecule has 0 N–H and O–H groups in total. The first kappa shape index (κ1) is 5.69. The van der Waals surface area contributed by atoms with Gasteiger partial charge in [0.15, 0.2) is 6.23 Å². The summed E-state index contributed by atoms with van der Waals surface area (Å²) in [6.45, 7) is 3.41. The van der Waals surface area contributed by atoms with Crippen LogP contribution in [0.5, 0.6) is 0 Å². The Hall–Kier alpha value is -0.0800. The van der Waals surface area contributed by atoms with E-state index in [1.807, 2.05) is 0 Å². The van der Waals surface area contributed by atoms with Crippen LogP contribution in [-0.4, -0.2) is 24.6 Å². The van der Waals surface area contributed by atoms with Gasteiger partial charge in [-0.2, -0.15) is 0 Å². The molecule has 0 saturated carbocycles. The zero-order chi connectivity index (χ0) is 6.10. The predicted molar refractivity (Wildman–Crippen MR) is 34.6 cm³/mol. The van der Waals surface area contributed by atoms with Crippen LogP contribution in [0, 0.1) is 6.23 Å². The highest BCUT2D eigenvalue weighted by molar-refractivity contribution is 4.88. The maximum absolute atomic E-state index is 5.26. The molecule has 2 heteroatoms. The first-order chi connectivity index (χ1) is 4.47. The highest BCUT2D eigenvalue weighted by atomic mass is 16.5. The van der Waals surface area contributed by atoms with Crippen molar-refractivity contribution in [1.29, 1.82) is 0 Å². The maximum Gasteiger partial charge on any atom is 0.166 e. The van der Waals surface area contributed by atoms with Gasteiger partial charge in [0.25, 0.3) is 0 Å². The van der Waals surface area contributed by atoms with Gasteiger partial charge in [-0.05, 0) is 12.8 Å². The Labute approximate surface area is 55.8 Å². The number of rotatable bonds is 1. The average molecular weight is 126 g/mol. The molecule has 1 radical (unpaired) electrons. The second kappa shape index (κ2) is 2.27. The molecule has 0 aromatic rings. The van der Waals surface area contributed by atoms with Crippen molar-refractivity contribution in [3.63, 3.8) is 0 Å². The SMILES string of the molecule is C1CCN([C]2CCO2)C1. The van der Waals surface area contributed by atoms with Crippen LogP contribution in [0.15, 0.2) is 0 Å². The van der Waals surface area contributed by atoms with Crippen LogP contribution < -0.4 is 0 Å². The summed E-state index contributed by atoms with van der Waals surface area (Å²) in [5.74, 6) is 0. The normalized spacial score (nSPS) is 30.7. The van der Waals surface area contributed by atoms with Gasteiger partial charge < -0.3 is 4.74 Å². The molecule has 0 spiro atoms. The lowest BCUT2D eigenvalue weighted by Crippen LogP contribution is -2.35. The Morgan fingerprint density at radius 1 is 1.22 bits per heavy atom. The lowest BCUT2D eigenvalue weighted by molar-refractivity contribution is -0.0407. The summed E-state index contributed by atoms with van der Waals surface area (Å²) in [7, 11) is 0. The van der Waals surface area contributed by atoms with Crippen molar-refractivity contribution in [2.75, 3.05) is 19.7 Å². The third kappa shape index (κ3) is 0.970. The van der Waals surface area contributed by atoms with Gasteiger partial charge in [0.1, 0.15) is 0 Å². The van der Waals surface area contributed by atoms with Gasteiger partial charge in [0, 0.05) is 19.5 Å². The van der Waals surface area contributed by atoms with E-state index in [4.69, 9.17) is 4.74 Å². The van der Waals surface area contributed by atoms with E-state index in [1.165, 1.54) is 38.6 Å². The molecular formula is C7H12NO. The van der Waals surface area contributed by atoms with E-state index in [2.05, 4.69) is 4.90 Å². The van der Waals surface area contributed by atoms with Crippen LogP contribution in [-0.2, 0) is 4.74 Å². The van der Waals surface area contributed by atoms with Gasteiger partial charge in [0.2, 0.25) is 0 Å². The van der Waals surface area contributed by atoms with Crippen molar-refractivity contribution in [2.24, 2.45) is 0 Å². The predicted octanol–water partition coefficient (Wildman–Crippen LogP) is 0.992. The Kier molecular flexibility index (Phi) is 1.44. The number of nitrogens with zero attached hydrogens (tertiary/aromatic N) is 1. The molecule has 9 heavy (non-hydrogen) atoms. The van der Waals surface area contributed by atoms with Crippen LogP contribution in [0.3, 0.4) is 0 Å². The number of ether oxygens (including phenoxy) is 1. The van der Waals surface area contributed by atoms with Crippen molar-refractivity contribution in [2.45, 2.75) is 19.3 Å². The Morgan fingerprint density at radius 2 is 1.89 bits per heavy atom. The van der Waals surface area contributed by atoms with Crippen LogP contribution in [0.1, 0.15) is 19.3 Å². The molecule has 2 fully saturated rings. The largest absolute Gasteiger partial charge is 0.356 e. The second-order valence-corrected chi connectivity index (χ2v) is 2.69. The number of likely N-dealkylation sites (tertiary alicyclic amines) is 1.